The number of amides is 2. The van der Waals surface area contributed by atoms with E-state index in [1.807, 2.05) is 0 Å². The third-order valence-electron chi connectivity index (χ3n) is 3.56. The van der Waals surface area contributed by atoms with Gasteiger partial charge in [0.25, 0.3) is 5.91 Å². The van der Waals surface area contributed by atoms with E-state index in [4.69, 9.17) is 16.3 Å². The number of carbonyl (C=O) groups is 3. The fourth-order valence-corrected chi connectivity index (χ4v) is 2.37. The van der Waals surface area contributed by atoms with Crippen LogP contribution in [0, 0.1) is 0 Å². The Bertz CT molecular complexity index is 790. The Morgan fingerprint density at radius 2 is 1.62 bits per heavy atom. The highest BCUT2D eigenvalue weighted by atomic mass is 35.5. The molecule has 136 valence electrons. The molecule has 6 nitrogen and oxygen atoms in total. The number of ether oxygens (including phenoxy) is 1. The minimum Gasteiger partial charge on any atom is -0.383 e. The van der Waals surface area contributed by atoms with Gasteiger partial charge in [0, 0.05) is 29.8 Å². The summed E-state index contributed by atoms with van der Waals surface area (Å²) < 4.78 is 4.83. The van der Waals surface area contributed by atoms with Crippen LogP contribution in [0.2, 0.25) is 5.02 Å². The summed E-state index contributed by atoms with van der Waals surface area (Å²) in [6.07, 6.45) is 0. The zero-order chi connectivity index (χ0) is 18.9. The van der Waals surface area contributed by atoms with Gasteiger partial charge in [0.2, 0.25) is 5.91 Å². The molecule has 2 amide bonds. The highest BCUT2D eigenvalue weighted by Gasteiger charge is 2.18. The van der Waals surface area contributed by atoms with E-state index in [0.717, 1.165) is 0 Å². The van der Waals surface area contributed by atoms with Crippen molar-refractivity contribution in [2.75, 3.05) is 26.8 Å². The maximum atomic E-state index is 12.7. The maximum Gasteiger partial charge on any atom is 0.252 e. The van der Waals surface area contributed by atoms with Gasteiger partial charge in [-0.1, -0.05) is 29.8 Å². The van der Waals surface area contributed by atoms with Crippen LogP contribution in [0.25, 0.3) is 0 Å². The fraction of sp³-hybridized carbons (Fsp3) is 0.211. The lowest BCUT2D eigenvalue weighted by Gasteiger charge is -2.10. The first-order valence-electron chi connectivity index (χ1n) is 7.96. The van der Waals surface area contributed by atoms with E-state index in [-0.39, 0.29) is 29.4 Å². The van der Waals surface area contributed by atoms with Gasteiger partial charge in [-0.15, -0.1) is 0 Å². The van der Waals surface area contributed by atoms with Crippen molar-refractivity contribution in [3.8, 4) is 0 Å². The van der Waals surface area contributed by atoms with Crippen LogP contribution < -0.4 is 10.6 Å². The van der Waals surface area contributed by atoms with E-state index < -0.39 is 5.91 Å². The van der Waals surface area contributed by atoms with E-state index in [0.29, 0.717) is 23.7 Å². The second-order valence-corrected chi connectivity index (χ2v) is 5.84. The SMILES string of the molecule is COCCNC(=O)CNC(=O)c1ccccc1C(=O)c1ccc(Cl)cc1. The van der Waals surface area contributed by atoms with Crippen LogP contribution in [-0.4, -0.2) is 44.4 Å². The number of hydrogen-bond acceptors (Lipinski definition) is 4. The van der Waals surface area contributed by atoms with Crippen LogP contribution in [0.3, 0.4) is 0 Å². The molecule has 26 heavy (non-hydrogen) atoms. The fourth-order valence-electron chi connectivity index (χ4n) is 2.25. The van der Waals surface area contributed by atoms with Gasteiger partial charge in [-0.05, 0) is 30.3 Å². The van der Waals surface area contributed by atoms with Crippen molar-refractivity contribution in [2.24, 2.45) is 0 Å². The molecule has 0 aliphatic rings. The van der Waals surface area contributed by atoms with Crippen molar-refractivity contribution in [3.05, 3.63) is 70.2 Å². The molecule has 2 rings (SSSR count). The molecule has 0 radical (unpaired) electrons. The molecule has 0 heterocycles. The summed E-state index contributed by atoms with van der Waals surface area (Å²) in [7, 11) is 1.53. The van der Waals surface area contributed by atoms with Crippen LogP contribution in [0.5, 0.6) is 0 Å². The van der Waals surface area contributed by atoms with Crippen LogP contribution in [-0.2, 0) is 9.53 Å². The number of nitrogens with one attached hydrogen (secondary N) is 2. The minimum atomic E-state index is -0.496. The third-order valence-corrected chi connectivity index (χ3v) is 3.81. The van der Waals surface area contributed by atoms with Gasteiger partial charge in [0.1, 0.15) is 0 Å². The quantitative estimate of drug-likeness (QED) is 0.547. The van der Waals surface area contributed by atoms with Crippen molar-refractivity contribution in [1.82, 2.24) is 10.6 Å². The van der Waals surface area contributed by atoms with Crippen molar-refractivity contribution in [1.29, 1.82) is 0 Å². The summed E-state index contributed by atoms with van der Waals surface area (Å²) in [4.78, 5) is 36.7. The standard InChI is InChI=1S/C19H19ClN2O4/c1-26-11-10-21-17(23)12-22-19(25)16-5-3-2-4-15(16)18(24)13-6-8-14(20)9-7-13/h2-9H,10-12H2,1H3,(H,21,23)(H,22,25). The molecule has 0 aliphatic carbocycles. The molecule has 2 aromatic rings. The van der Waals surface area contributed by atoms with Gasteiger partial charge in [-0.25, -0.2) is 0 Å². The monoisotopic (exact) mass is 374 g/mol. The number of carbonyl (C=O) groups excluding carboxylic acids is 3. The minimum absolute atomic E-state index is 0.188. The molecule has 0 saturated carbocycles. The molecule has 2 N–H and O–H groups in total. The lowest BCUT2D eigenvalue weighted by atomic mass is 9.98. The Hall–Kier alpha value is -2.70. The molecular formula is C19H19ClN2O4. The van der Waals surface area contributed by atoms with Gasteiger partial charge in [0.15, 0.2) is 5.78 Å². The lowest BCUT2D eigenvalue weighted by Crippen LogP contribution is -2.38. The van der Waals surface area contributed by atoms with E-state index in [9.17, 15) is 14.4 Å². The van der Waals surface area contributed by atoms with Crippen LogP contribution in [0.4, 0.5) is 0 Å². The summed E-state index contributed by atoms with van der Waals surface area (Å²) in [5, 5.41) is 5.64. The number of benzene rings is 2. The first-order chi connectivity index (χ1) is 12.5. The number of ketones is 1. The Labute approximate surface area is 156 Å². The number of hydrogen-bond donors (Lipinski definition) is 2. The van der Waals surface area contributed by atoms with Gasteiger partial charge in [-0.2, -0.15) is 0 Å². The molecule has 0 unspecified atom stereocenters. The van der Waals surface area contributed by atoms with E-state index in [1.165, 1.54) is 7.11 Å². The van der Waals surface area contributed by atoms with Crippen molar-refractivity contribution < 1.29 is 19.1 Å². The van der Waals surface area contributed by atoms with Gasteiger partial charge >= 0.3 is 0 Å². The Morgan fingerprint density at radius 1 is 0.962 bits per heavy atom. The smallest absolute Gasteiger partial charge is 0.252 e. The largest absolute Gasteiger partial charge is 0.383 e. The molecule has 0 fully saturated rings. The second-order valence-electron chi connectivity index (χ2n) is 5.41. The third kappa shape index (κ3) is 5.40. The van der Waals surface area contributed by atoms with Gasteiger partial charge in [0.05, 0.1) is 18.7 Å². The summed E-state index contributed by atoms with van der Waals surface area (Å²) >= 11 is 5.84. The number of rotatable bonds is 8. The van der Waals surface area contributed by atoms with Gasteiger partial charge in [-0.3, -0.25) is 14.4 Å². The van der Waals surface area contributed by atoms with Crippen molar-refractivity contribution >= 4 is 29.2 Å². The summed E-state index contributed by atoms with van der Waals surface area (Å²) in [6.45, 7) is 0.557. The second kappa shape index (κ2) is 9.70. The zero-order valence-electron chi connectivity index (χ0n) is 14.3. The van der Waals surface area contributed by atoms with Crippen LogP contribution >= 0.6 is 11.6 Å². The maximum absolute atomic E-state index is 12.7. The normalized spacial score (nSPS) is 10.2. The zero-order valence-corrected chi connectivity index (χ0v) is 15.0. The Kier molecular flexibility index (Phi) is 7.32. The number of methoxy groups -OCH3 is 1. The van der Waals surface area contributed by atoms with Gasteiger partial charge < -0.3 is 15.4 Å². The molecule has 0 aliphatic heterocycles. The molecule has 0 spiro atoms. The molecule has 7 heteroatoms. The predicted octanol–water partition coefficient (Wildman–Crippen LogP) is 2.06. The molecule has 2 aromatic carbocycles. The highest BCUT2D eigenvalue weighted by molar-refractivity contribution is 6.30. The molecule has 0 saturated heterocycles. The first-order valence-corrected chi connectivity index (χ1v) is 8.34. The molecule has 0 bridgehead atoms. The van der Waals surface area contributed by atoms with E-state index >= 15 is 0 Å². The number of halogens is 1. The predicted molar refractivity (Wildman–Crippen MR) is 98.5 cm³/mol. The topological polar surface area (TPSA) is 84.5 Å². The highest BCUT2D eigenvalue weighted by Crippen LogP contribution is 2.17. The Morgan fingerprint density at radius 3 is 2.27 bits per heavy atom. The molecule has 0 atom stereocenters. The average Bonchev–Trinajstić information content (AvgIpc) is 2.66. The summed E-state index contributed by atoms with van der Waals surface area (Å²) in [5.41, 5.74) is 0.885. The van der Waals surface area contributed by atoms with E-state index in [2.05, 4.69) is 10.6 Å². The summed E-state index contributed by atoms with van der Waals surface area (Å²) in [6, 6.07) is 12.9. The van der Waals surface area contributed by atoms with Crippen LogP contribution in [0.15, 0.2) is 48.5 Å². The molecule has 0 aromatic heterocycles. The van der Waals surface area contributed by atoms with Crippen LogP contribution in [0.1, 0.15) is 26.3 Å². The van der Waals surface area contributed by atoms with E-state index in [1.54, 1.807) is 48.5 Å². The van der Waals surface area contributed by atoms with Crippen molar-refractivity contribution in [3.63, 3.8) is 0 Å². The summed E-state index contributed by atoms with van der Waals surface area (Å²) in [5.74, 6) is -1.13. The Balaban J connectivity index is 2.08. The first kappa shape index (κ1) is 19.6. The average molecular weight is 375 g/mol. The molecular weight excluding hydrogens is 356 g/mol. The van der Waals surface area contributed by atoms with Crippen molar-refractivity contribution in [2.45, 2.75) is 0 Å². The lowest BCUT2D eigenvalue weighted by molar-refractivity contribution is -0.120.